The van der Waals surface area contributed by atoms with Crippen molar-refractivity contribution in [2.75, 3.05) is 0 Å². The molecule has 0 amide bonds. The van der Waals surface area contributed by atoms with Gasteiger partial charge in [0.15, 0.2) is 0 Å². The summed E-state index contributed by atoms with van der Waals surface area (Å²) in [6.07, 6.45) is 7.98. The molecule has 2 nitrogen and oxygen atoms in total. The second-order valence-corrected chi connectivity index (χ2v) is 4.93. The fourth-order valence-electron chi connectivity index (χ4n) is 1.46. The molecule has 0 saturated heterocycles. The second kappa shape index (κ2) is 31.1. The van der Waals surface area contributed by atoms with Gasteiger partial charge in [0.1, 0.15) is 0 Å². The Bertz CT molecular complexity index is 396. The Morgan fingerprint density at radius 1 is 0.880 bits per heavy atom. The summed E-state index contributed by atoms with van der Waals surface area (Å²) in [4.78, 5) is 0. The Labute approximate surface area is 174 Å². The molecule has 146 valence electrons. The van der Waals surface area contributed by atoms with Crippen LogP contribution in [-0.2, 0) is 39.1 Å². The average Bonchev–Trinajstić information content (AvgIpc) is 2.71. The van der Waals surface area contributed by atoms with Crippen LogP contribution >= 0.6 is 11.6 Å². The smallest absolute Gasteiger partial charge is 0.288 e. The first-order valence-electron chi connectivity index (χ1n) is 7.81. The zero-order valence-corrected chi connectivity index (χ0v) is 17.3. The molecule has 2 aromatic carbocycles. The molecule has 0 aliphatic carbocycles. The van der Waals surface area contributed by atoms with E-state index in [4.69, 9.17) is 19.3 Å². The average molecular weight is 451 g/mol. The van der Waals surface area contributed by atoms with Crippen LogP contribution in [0.4, 0.5) is 0 Å². The third kappa shape index (κ3) is 31.6. The molecule has 0 aliphatic rings. The van der Waals surface area contributed by atoms with E-state index in [9.17, 15) is 0 Å². The SMILES string of the molecule is Clc1c[c-]ccc1.[CH2-]CCCCCCC.[O]=[Co].[O]=[Co].[c-]1cc[c-]cc1. The Balaban J connectivity index is -0.000000265. The number of unbranched alkanes of at least 4 members (excludes halogenated alkanes) is 5. The first-order valence-corrected chi connectivity index (χ1v) is 9.04. The second-order valence-electron chi connectivity index (χ2n) is 4.49. The maximum atomic E-state index is 7.94. The monoisotopic (exact) mass is 450 g/mol. The van der Waals surface area contributed by atoms with Crippen molar-refractivity contribution in [1.29, 1.82) is 0 Å². The minimum absolute atomic E-state index is 0.738. The molecule has 0 saturated carbocycles. The van der Waals surface area contributed by atoms with Gasteiger partial charge in [-0.25, -0.2) is 0 Å². The summed E-state index contributed by atoms with van der Waals surface area (Å²) in [6.45, 7) is 6.02. The predicted molar refractivity (Wildman–Crippen MR) is 94.5 cm³/mol. The van der Waals surface area contributed by atoms with Gasteiger partial charge >= 0.3 is 39.1 Å². The third-order valence-corrected chi connectivity index (χ3v) is 2.81. The van der Waals surface area contributed by atoms with Gasteiger partial charge in [-0.15, -0.1) is 0 Å². The number of hydrogen-bond acceptors (Lipinski definition) is 2. The molecule has 0 radical (unpaired) electrons. The van der Waals surface area contributed by atoms with Crippen molar-refractivity contribution in [2.45, 2.75) is 45.4 Å². The fraction of sp³-hybridized carbons (Fsp3) is 0.350. The molecule has 2 rings (SSSR count). The van der Waals surface area contributed by atoms with Crippen LogP contribution in [0.2, 0.25) is 5.02 Å². The maximum absolute atomic E-state index is 7.94. The van der Waals surface area contributed by atoms with Crippen LogP contribution in [-0.4, -0.2) is 0 Å². The van der Waals surface area contributed by atoms with Gasteiger partial charge in [0.25, 0.3) is 0 Å². The van der Waals surface area contributed by atoms with Gasteiger partial charge in [-0.3, -0.25) is 24.3 Å². The number of rotatable bonds is 5. The molecule has 2 aromatic rings. The van der Waals surface area contributed by atoms with E-state index < -0.39 is 0 Å². The van der Waals surface area contributed by atoms with Crippen LogP contribution in [0.3, 0.4) is 0 Å². The molecule has 0 bridgehead atoms. The van der Waals surface area contributed by atoms with E-state index in [-0.39, 0.29) is 0 Å². The van der Waals surface area contributed by atoms with Crippen molar-refractivity contribution >= 4 is 11.6 Å². The van der Waals surface area contributed by atoms with Crippen molar-refractivity contribution in [3.05, 3.63) is 78.7 Å². The molecule has 0 aromatic heterocycles. The largest absolute Gasteiger partial charge is 0.319 e. The summed E-state index contributed by atoms with van der Waals surface area (Å²) < 4.78 is 15.9. The van der Waals surface area contributed by atoms with Crippen molar-refractivity contribution in [3.63, 3.8) is 0 Å². The Morgan fingerprint density at radius 2 is 1.40 bits per heavy atom. The quantitative estimate of drug-likeness (QED) is 0.392. The van der Waals surface area contributed by atoms with E-state index in [0.717, 1.165) is 11.4 Å². The van der Waals surface area contributed by atoms with Gasteiger partial charge in [0.05, 0.1) is 0 Å². The molecule has 0 heterocycles. The maximum Gasteiger partial charge on any atom is -0.288 e. The van der Waals surface area contributed by atoms with E-state index >= 15 is 0 Å². The minimum atomic E-state index is 0.738. The van der Waals surface area contributed by atoms with E-state index in [0.29, 0.717) is 0 Å². The molecule has 0 atom stereocenters. The summed E-state index contributed by atoms with van der Waals surface area (Å²) in [5.74, 6) is 0. The molecule has 25 heavy (non-hydrogen) atoms. The molecular weight excluding hydrogens is 426 g/mol. The summed E-state index contributed by atoms with van der Waals surface area (Å²) in [5, 5.41) is 0.738. The molecule has 0 fully saturated rings. The molecule has 0 N–H and O–H groups in total. The van der Waals surface area contributed by atoms with Gasteiger partial charge in [0.2, 0.25) is 0 Å². The summed E-state index contributed by atoms with van der Waals surface area (Å²) >= 11 is 10.1. The first kappa shape index (κ1) is 29.1. The topological polar surface area (TPSA) is 34.1 Å². The van der Waals surface area contributed by atoms with Crippen LogP contribution < -0.4 is 0 Å². The fourth-order valence-corrected chi connectivity index (χ4v) is 1.59. The van der Waals surface area contributed by atoms with Crippen LogP contribution in [0.1, 0.15) is 45.4 Å². The van der Waals surface area contributed by atoms with Gasteiger partial charge < -0.3 is 19.1 Å². The van der Waals surface area contributed by atoms with Crippen LogP contribution in [0.15, 0.2) is 48.5 Å². The summed E-state index contributed by atoms with van der Waals surface area (Å²) in [7, 11) is 0. The Kier molecular flexibility index (Phi) is 36.3. The molecule has 0 aliphatic heterocycles. The number of hydrogen-bond donors (Lipinski definition) is 0. The number of halogens is 1. The van der Waals surface area contributed by atoms with E-state index in [2.05, 4.69) is 63.4 Å². The zero-order chi connectivity index (χ0) is 19.6. The van der Waals surface area contributed by atoms with Gasteiger partial charge in [-0.2, -0.15) is 48.4 Å². The van der Waals surface area contributed by atoms with Crippen molar-refractivity contribution in [1.82, 2.24) is 0 Å². The summed E-state index contributed by atoms with van der Waals surface area (Å²) in [6, 6.07) is 23.0. The van der Waals surface area contributed by atoms with Crippen LogP contribution in [0, 0.1) is 25.1 Å². The predicted octanol–water partition coefficient (Wildman–Crippen LogP) is 6.37. The van der Waals surface area contributed by atoms with Crippen molar-refractivity contribution < 1.29 is 39.1 Å². The van der Waals surface area contributed by atoms with Crippen molar-refractivity contribution in [2.24, 2.45) is 0 Å². The summed E-state index contributed by atoms with van der Waals surface area (Å²) in [5.41, 5.74) is 0. The Hall–Kier alpha value is -0.657. The Morgan fingerprint density at radius 3 is 1.68 bits per heavy atom. The van der Waals surface area contributed by atoms with Gasteiger partial charge in [-0.05, 0) is 0 Å². The van der Waals surface area contributed by atoms with Crippen LogP contribution in [0.5, 0.6) is 0 Å². The molecule has 5 heteroatoms. The zero-order valence-electron chi connectivity index (χ0n) is 14.4. The van der Waals surface area contributed by atoms with E-state index in [1.165, 1.54) is 32.1 Å². The third-order valence-electron chi connectivity index (χ3n) is 2.57. The van der Waals surface area contributed by atoms with Crippen molar-refractivity contribution in [3.8, 4) is 0 Å². The van der Waals surface area contributed by atoms with Gasteiger partial charge in [-0.1, -0.05) is 44.1 Å². The van der Waals surface area contributed by atoms with Gasteiger partial charge in [0, 0.05) is 0 Å². The number of benzene rings is 2. The molecular formula is C20H25ClCo2O2-4. The minimum Gasteiger partial charge on any atom is -0.319 e. The standard InChI is InChI=1S/C8H17.C6H4Cl.C6H4.2Co.2O/c1-3-5-7-8-6-4-2;7-6-4-2-1-3-5-6;1-2-4-6-5-3-1;;;;/h1,3-8H2,2H3;1-2,4-5H;1-2,5-6H;;;;/q2*-1;-2;;;;. The first-order chi connectivity index (χ1) is 12.3. The molecule has 0 unspecified atom stereocenters. The normalized spacial score (nSPS) is 7.88. The van der Waals surface area contributed by atoms with E-state index in [1.54, 1.807) is 6.07 Å². The molecule has 0 spiro atoms. The van der Waals surface area contributed by atoms with E-state index in [1.807, 2.05) is 42.5 Å². The van der Waals surface area contributed by atoms with Crippen LogP contribution in [0.25, 0.3) is 0 Å².